The molecule has 2 rings (SSSR count). The lowest BCUT2D eigenvalue weighted by Crippen LogP contribution is -2.05. The monoisotopic (exact) mass is 299 g/mol. The number of carbonyl (C=O) groups is 2. The molecule has 1 aromatic heterocycles. The summed E-state index contributed by atoms with van der Waals surface area (Å²) in [6.45, 7) is -2.98. The molecule has 0 bridgehead atoms. The Bertz CT molecular complexity index is 648. The van der Waals surface area contributed by atoms with Gasteiger partial charge in [0, 0.05) is 5.56 Å². The SMILES string of the molecule is O=C(O)c1nc(-c2ccc(OC(F)F)cc2)oc1C(=O)O. The Kier molecular flexibility index (Phi) is 3.83. The third kappa shape index (κ3) is 3.14. The van der Waals surface area contributed by atoms with E-state index in [0.29, 0.717) is 0 Å². The van der Waals surface area contributed by atoms with Crippen LogP contribution in [0.15, 0.2) is 28.7 Å². The van der Waals surface area contributed by atoms with Crippen LogP contribution in [-0.2, 0) is 0 Å². The van der Waals surface area contributed by atoms with Gasteiger partial charge in [0.2, 0.25) is 17.3 Å². The van der Waals surface area contributed by atoms with Crippen molar-refractivity contribution in [1.82, 2.24) is 4.98 Å². The number of carboxylic acids is 2. The molecule has 0 radical (unpaired) electrons. The zero-order valence-corrected chi connectivity index (χ0v) is 10.1. The third-order valence-electron chi connectivity index (χ3n) is 2.35. The molecule has 0 fully saturated rings. The molecule has 0 aliphatic heterocycles. The second-order valence-electron chi connectivity index (χ2n) is 3.71. The van der Waals surface area contributed by atoms with E-state index in [0.717, 1.165) is 0 Å². The smallest absolute Gasteiger partial charge is 0.387 e. The Morgan fingerprint density at radius 2 is 1.76 bits per heavy atom. The van der Waals surface area contributed by atoms with Crippen molar-refractivity contribution in [2.75, 3.05) is 0 Å². The Morgan fingerprint density at radius 3 is 2.19 bits per heavy atom. The van der Waals surface area contributed by atoms with Crippen LogP contribution < -0.4 is 4.74 Å². The molecule has 0 unspecified atom stereocenters. The average Bonchev–Trinajstić information content (AvgIpc) is 2.84. The molecule has 1 aromatic carbocycles. The van der Waals surface area contributed by atoms with Crippen LogP contribution in [0.3, 0.4) is 0 Å². The summed E-state index contributed by atoms with van der Waals surface area (Å²) in [6.07, 6.45) is 0. The summed E-state index contributed by atoms with van der Waals surface area (Å²) in [5.74, 6) is -4.32. The highest BCUT2D eigenvalue weighted by molar-refractivity contribution is 5.98. The van der Waals surface area contributed by atoms with Gasteiger partial charge in [-0.3, -0.25) is 0 Å². The molecule has 1 heterocycles. The fourth-order valence-electron chi connectivity index (χ4n) is 1.51. The van der Waals surface area contributed by atoms with Crippen LogP contribution in [0.4, 0.5) is 8.78 Å². The van der Waals surface area contributed by atoms with Crippen molar-refractivity contribution in [2.24, 2.45) is 0 Å². The van der Waals surface area contributed by atoms with Crippen LogP contribution in [0.1, 0.15) is 21.0 Å². The number of carboxylic acid groups (broad SMARTS) is 2. The van der Waals surface area contributed by atoms with E-state index in [1.54, 1.807) is 0 Å². The number of rotatable bonds is 5. The molecule has 0 saturated carbocycles. The van der Waals surface area contributed by atoms with E-state index < -0.39 is 30.0 Å². The Hall–Kier alpha value is -2.97. The fraction of sp³-hybridized carbons (Fsp3) is 0.0833. The van der Waals surface area contributed by atoms with Crippen LogP contribution in [0.2, 0.25) is 0 Å². The molecule has 0 amide bonds. The van der Waals surface area contributed by atoms with E-state index in [1.807, 2.05) is 0 Å². The molecule has 9 heteroatoms. The first-order valence-electron chi connectivity index (χ1n) is 5.41. The topological polar surface area (TPSA) is 110 Å². The molecule has 0 spiro atoms. The fourth-order valence-corrected chi connectivity index (χ4v) is 1.51. The summed E-state index contributed by atoms with van der Waals surface area (Å²) in [4.78, 5) is 25.3. The average molecular weight is 299 g/mol. The van der Waals surface area contributed by atoms with Crippen molar-refractivity contribution in [3.8, 4) is 17.2 Å². The highest BCUT2D eigenvalue weighted by atomic mass is 19.3. The summed E-state index contributed by atoms with van der Waals surface area (Å²) in [6, 6.07) is 4.93. The van der Waals surface area contributed by atoms with E-state index in [-0.39, 0.29) is 17.2 Å². The van der Waals surface area contributed by atoms with Crippen molar-refractivity contribution < 1.29 is 37.7 Å². The molecule has 2 aromatic rings. The number of aromatic carboxylic acids is 2. The molecule has 21 heavy (non-hydrogen) atoms. The summed E-state index contributed by atoms with van der Waals surface area (Å²) in [5.41, 5.74) is -0.531. The highest BCUT2D eigenvalue weighted by Gasteiger charge is 2.25. The maximum atomic E-state index is 12.0. The first-order valence-corrected chi connectivity index (χ1v) is 5.41. The summed E-state index contributed by atoms with van der Waals surface area (Å²) < 4.78 is 33.0. The molecular formula is C12H7F2NO6. The van der Waals surface area contributed by atoms with Crippen LogP contribution >= 0.6 is 0 Å². The first-order chi connectivity index (χ1) is 9.88. The van der Waals surface area contributed by atoms with Gasteiger partial charge in [-0.05, 0) is 24.3 Å². The number of hydrogen-bond donors (Lipinski definition) is 2. The standard InChI is InChI=1S/C12H7F2NO6/c13-12(14)20-6-3-1-5(2-4-6)9-15-7(10(16)17)8(21-9)11(18)19/h1-4,12H,(H,16,17)(H,18,19). The minimum absolute atomic E-state index is 0.114. The summed E-state index contributed by atoms with van der Waals surface area (Å²) in [7, 11) is 0. The molecule has 2 N–H and O–H groups in total. The normalized spacial score (nSPS) is 10.6. The molecule has 0 aliphatic carbocycles. The number of alkyl halides is 2. The Labute approximate surface area is 115 Å². The van der Waals surface area contributed by atoms with Gasteiger partial charge in [-0.15, -0.1) is 0 Å². The lowest BCUT2D eigenvalue weighted by molar-refractivity contribution is -0.0498. The highest BCUT2D eigenvalue weighted by Crippen LogP contribution is 2.25. The van der Waals surface area contributed by atoms with Crippen LogP contribution in [-0.4, -0.2) is 33.7 Å². The molecule has 0 aliphatic rings. The van der Waals surface area contributed by atoms with E-state index in [1.165, 1.54) is 24.3 Å². The molecule has 0 saturated heterocycles. The number of hydrogen-bond acceptors (Lipinski definition) is 5. The van der Waals surface area contributed by atoms with E-state index in [2.05, 4.69) is 9.72 Å². The first kappa shape index (κ1) is 14.4. The van der Waals surface area contributed by atoms with Gasteiger partial charge in [0.05, 0.1) is 0 Å². The van der Waals surface area contributed by atoms with Gasteiger partial charge in [0.1, 0.15) is 5.75 Å². The largest absolute Gasteiger partial charge is 0.476 e. The predicted molar refractivity (Wildman–Crippen MR) is 62.5 cm³/mol. The summed E-state index contributed by atoms with van der Waals surface area (Å²) in [5, 5.41) is 17.6. The lowest BCUT2D eigenvalue weighted by atomic mass is 10.2. The second-order valence-corrected chi connectivity index (χ2v) is 3.71. The van der Waals surface area contributed by atoms with Crippen LogP contribution in [0.5, 0.6) is 5.75 Å². The predicted octanol–water partition coefficient (Wildman–Crippen LogP) is 2.34. The second kappa shape index (κ2) is 5.57. The van der Waals surface area contributed by atoms with E-state index >= 15 is 0 Å². The molecule has 7 nitrogen and oxygen atoms in total. The van der Waals surface area contributed by atoms with Crippen molar-refractivity contribution in [3.05, 3.63) is 35.7 Å². The Morgan fingerprint density at radius 1 is 1.14 bits per heavy atom. The minimum atomic E-state index is -2.98. The summed E-state index contributed by atoms with van der Waals surface area (Å²) >= 11 is 0. The lowest BCUT2D eigenvalue weighted by Gasteiger charge is -2.03. The zero-order valence-electron chi connectivity index (χ0n) is 10.1. The molecular weight excluding hydrogens is 292 g/mol. The third-order valence-corrected chi connectivity index (χ3v) is 2.35. The van der Waals surface area contributed by atoms with Gasteiger partial charge in [-0.2, -0.15) is 8.78 Å². The minimum Gasteiger partial charge on any atom is -0.476 e. The number of benzene rings is 1. The molecule has 110 valence electrons. The van der Waals surface area contributed by atoms with Crippen LogP contribution in [0.25, 0.3) is 11.5 Å². The van der Waals surface area contributed by atoms with Crippen molar-refractivity contribution >= 4 is 11.9 Å². The Balaban J connectivity index is 2.36. The van der Waals surface area contributed by atoms with Gasteiger partial charge in [-0.25, -0.2) is 14.6 Å². The zero-order chi connectivity index (χ0) is 15.6. The van der Waals surface area contributed by atoms with Crippen molar-refractivity contribution in [3.63, 3.8) is 0 Å². The number of halogens is 2. The molecule has 0 atom stereocenters. The van der Waals surface area contributed by atoms with Gasteiger partial charge < -0.3 is 19.4 Å². The van der Waals surface area contributed by atoms with Gasteiger partial charge in [0.15, 0.2) is 0 Å². The van der Waals surface area contributed by atoms with Gasteiger partial charge >= 0.3 is 18.6 Å². The maximum absolute atomic E-state index is 12.0. The number of oxazole rings is 1. The van der Waals surface area contributed by atoms with E-state index in [9.17, 15) is 18.4 Å². The van der Waals surface area contributed by atoms with E-state index in [4.69, 9.17) is 14.6 Å². The number of ether oxygens (including phenoxy) is 1. The van der Waals surface area contributed by atoms with Gasteiger partial charge in [0.25, 0.3) is 0 Å². The quantitative estimate of drug-likeness (QED) is 0.871. The van der Waals surface area contributed by atoms with Crippen LogP contribution in [0, 0.1) is 0 Å². The maximum Gasteiger partial charge on any atom is 0.387 e. The van der Waals surface area contributed by atoms with Crippen molar-refractivity contribution in [2.45, 2.75) is 6.61 Å². The number of nitrogens with zero attached hydrogens (tertiary/aromatic N) is 1. The van der Waals surface area contributed by atoms with Crippen molar-refractivity contribution in [1.29, 1.82) is 0 Å². The number of aromatic nitrogens is 1. The van der Waals surface area contributed by atoms with Gasteiger partial charge in [-0.1, -0.05) is 0 Å².